The maximum Gasteiger partial charge on any atom is 0.323 e. The van der Waals surface area contributed by atoms with Gasteiger partial charge in [0.25, 0.3) is 0 Å². The van der Waals surface area contributed by atoms with Crippen LogP contribution in [0, 0.1) is 0 Å². The van der Waals surface area contributed by atoms with Crippen molar-refractivity contribution in [3.05, 3.63) is 57.5 Å². The van der Waals surface area contributed by atoms with Gasteiger partial charge in [0.15, 0.2) is 5.37 Å². The number of fused-ring (bicyclic) bond motifs is 2. The van der Waals surface area contributed by atoms with Gasteiger partial charge in [0.1, 0.15) is 12.2 Å². The average Bonchev–Trinajstić information content (AvgIpc) is 3.19. The molecule has 2 aromatic rings. The van der Waals surface area contributed by atoms with Crippen molar-refractivity contribution in [1.82, 2.24) is 0 Å². The van der Waals surface area contributed by atoms with Crippen molar-refractivity contribution in [3.8, 4) is 0 Å². The Morgan fingerprint density at radius 3 is 2.56 bits per heavy atom. The number of quaternary nitrogens is 1. The Kier molecular flexibility index (Phi) is 7.02. The second-order valence-corrected chi connectivity index (χ2v) is 11.9. The van der Waals surface area contributed by atoms with Crippen LogP contribution in [0.3, 0.4) is 0 Å². The number of nitrogens with one attached hydrogen (secondary N) is 1. The van der Waals surface area contributed by atoms with E-state index in [-0.39, 0.29) is 18.3 Å². The number of carboxylic acids is 1. The van der Waals surface area contributed by atoms with Gasteiger partial charge in [-0.05, 0) is 30.3 Å². The highest BCUT2D eigenvalue weighted by Gasteiger charge is 2.37. The molecule has 2 atom stereocenters. The van der Waals surface area contributed by atoms with Gasteiger partial charge in [0.2, 0.25) is 0 Å². The molecule has 0 radical (unpaired) electrons. The van der Waals surface area contributed by atoms with E-state index < -0.39 is 21.8 Å². The Balaban J connectivity index is 1.66. The molecule has 0 fully saturated rings. The van der Waals surface area contributed by atoms with Crippen LogP contribution in [-0.4, -0.2) is 48.3 Å². The number of benzene rings is 2. The monoisotopic (exact) mass is 532 g/mol. The van der Waals surface area contributed by atoms with Crippen molar-refractivity contribution in [1.29, 1.82) is 0 Å². The van der Waals surface area contributed by atoms with E-state index in [4.69, 9.17) is 23.2 Å². The number of thioether (sulfide) groups is 2. The highest BCUT2D eigenvalue weighted by atomic mass is 35.5. The zero-order chi connectivity index (χ0) is 23.0. The van der Waals surface area contributed by atoms with Crippen LogP contribution in [0.15, 0.2) is 57.3 Å². The summed E-state index contributed by atoms with van der Waals surface area (Å²) in [7, 11) is -4.31. The summed E-state index contributed by atoms with van der Waals surface area (Å²) in [5.74, 6) is -1.41. The minimum atomic E-state index is -4.31. The van der Waals surface area contributed by atoms with E-state index in [0.717, 1.165) is 31.1 Å². The maximum atomic E-state index is 11.5. The Morgan fingerprint density at radius 1 is 1.19 bits per heavy atom. The lowest BCUT2D eigenvalue weighted by atomic mass is 10.2. The van der Waals surface area contributed by atoms with Crippen molar-refractivity contribution in [2.45, 2.75) is 21.6 Å². The van der Waals surface area contributed by atoms with Crippen molar-refractivity contribution < 1.29 is 27.8 Å². The quantitative estimate of drug-likeness (QED) is 0.523. The summed E-state index contributed by atoms with van der Waals surface area (Å²) in [6.07, 6.45) is 2.19. The molecular weight excluding hydrogens is 515 g/mol. The average molecular weight is 533 g/mol. The Morgan fingerprint density at radius 2 is 1.88 bits per heavy atom. The molecule has 12 heteroatoms. The third kappa shape index (κ3) is 5.39. The van der Waals surface area contributed by atoms with Gasteiger partial charge in [-0.15, -0.1) is 0 Å². The zero-order valence-electron chi connectivity index (χ0n) is 16.5. The van der Waals surface area contributed by atoms with Crippen molar-refractivity contribution in [2.75, 3.05) is 23.7 Å². The van der Waals surface area contributed by atoms with Gasteiger partial charge in [0, 0.05) is 39.3 Å². The number of nitrogens with zero attached hydrogens (tertiary/aromatic N) is 1. The first-order valence-corrected chi connectivity index (χ1v) is 13.6. The van der Waals surface area contributed by atoms with E-state index in [1.54, 1.807) is 34.9 Å². The number of carboxylic acid groups (broad SMARTS) is 1. The molecule has 0 aliphatic carbocycles. The first-order chi connectivity index (χ1) is 15.1. The molecule has 2 aromatic carbocycles. The van der Waals surface area contributed by atoms with Crippen LogP contribution in [-0.2, 0) is 14.9 Å². The first-order valence-electron chi connectivity index (χ1n) is 9.55. The highest BCUT2D eigenvalue weighted by molar-refractivity contribution is 8.04. The van der Waals surface area contributed by atoms with Crippen LogP contribution in [0.2, 0.25) is 10.0 Å². The van der Waals surface area contributed by atoms with E-state index in [0.29, 0.717) is 16.6 Å². The Labute approximate surface area is 204 Å². The lowest BCUT2D eigenvalue weighted by molar-refractivity contribution is -0.835. The SMILES string of the molecule is O=C(O)CN1C(=CC2Sc3ccc(Cl)cc3[NH+]2CCCS(=O)(=O)[O-])Sc2ccc(Cl)cc21. The molecule has 0 saturated heterocycles. The molecule has 0 saturated carbocycles. The summed E-state index contributed by atoms with van der Waals surface area (Å²) in [4.78, 5) is 16.1. The van der Waals surface area contributed by atoms with Gasteiger partial charge < -0.3 is 14.6 Å². The fourth-order valence-corrected chi connectivity index (χ4v) is 7.05. The third-order valence-corrected chi connectivity index (χ3v) is 8.68. The van der Waals surface area contributed by atoms with Gasteiger partial charge in [-0.25, -0.2) is 8.42 Å². The summed E-state index contributed by atoms with van der Waals surface area (Å²) in [5.41, 5.74) is 1.67. The Bertz CT molecular complexity index is 1210. The number of anilines is 1. The Hall–Kier alpha value is -1.40. The van der Waals surface area contributed by atoms with Crippen LogP contribution in [0.4, 0.5) is 11.4 Å². The zero-order valence-corrected chi connectivity index (χ0v) is 20.4. The van der Waals surface area contributed by atoms with Crippen molar-refractivity contribution in [3.63, 3.8) is 0 Å². The summed E-state index contributed by atoms with van der Waals surface area (Å²) in [6, 6.07) is 10.9. The maximum absolute atomic E-state index is 11.5. The second kappa shape index (κ2) is 9.46. The van der Waals surface area contributed by atoms with Gasteiger partial charge in [-0.2, -0.15) is 0 Å². The van der Waals surface area contributed by atoms with Gasteiger partial charge >= 0.3 is 5.97 Å². The fourth-order valence-electron chi connectivity index (χ4n) is 3.69. The number of aliphatic carboxylic acids is 1. The van der Waals surface area contributed by atoms with E-state index >= 15 is 0 Å². The number of rotatable bonds is 7. The highest BCUT2D eigenvalue weighted by Crippen LogP contribution is 2.48. The molecule has 170 valence electrons. The molecule has 2 aliphatic heterocycles. The molecular formula is C20H18Cl2N2O5S3. The molecule has 2 N–H and O–H groups in total. The van der Waals surface area contributed by atoms with E-state index in [1.165, 1.54) is 11.8 Å². The first kappa shape index (κ1) is 23.7. The fraction of sp³-hybridized carbons (Fsp3) is 0.250. The standard InChI is InChI=1S/C20H18Cl2N2O5S3/c21-12-2-4-16-14(8-12)23(6-1-7-32(27,28)29)18(30-16)10-19-24(11-20(25)26)15-9-13(22)3-5-17(15)31-19/h2-5,8-10,18H,1,6-7,11H2,(H,25,26)(H,27,28,29). The van der Waals surface area contributed by atoms with Crippen LogP contribution in [0.1, 0.15) is 6.42 Å². The minimum Gasteiger partial charge on any atom is -0.748 e. The summed E-state index contributed by atoms with van der Waals surface area (Å²) >= 11 is 15.4. The van der Waals surface area contributed by atoms with E-state index in [2.05, 4.69) is 0 Å². The molecule has 0 aromatic heterocycles. The second-order valence-electron chi connectivity index (χ2n) is 7.27. The number of halogens is 2. The molecule has 4 rings (SSSR count). The summed E-state index contributed by atoms with van der Waals surface area (Å²) in [6.45, 7) is 0.199. The lowest BCUT2D eigenvalue weighted by Gasteiger charge is -2.22. The molecule has 2 unspecified atom stereocenters. The van der Waals surface area contributed by atoms with Crippen LogP contribution >= 0.6 is 46.7 Å². The van der Waals surface area contributed by atoms with E-state index in [9.17, 15) is 22.9 Å². The summed E-state index contributed by atoms with van der Waals surface area (Å²) in [5, 5.41) is 11.1. The number of carbonyl (C=O) groups is 1. The molecule has 32 heavy (non-hydrogen) atoms. The largest absolute Gasteiger partial charge is 0.748 e. The smallest absolute Gasteiger partial charge is 0.323 e. The van der Waals surface area contributed by atoms with Crippen LogP contribution < -0.4 is 9.80 Å². The predicted octanol–water partition coefficient (Wildman–Crippen LogP) is 3.42. The van der Waals surface area contributed by atoms with Gasteiger partial charge in [-0.1, -0.05) is 46.7 Å². The predicted molar refractivity (Wildman–Crippen MR) is 126 cm³/mol. The van der Waals surface area contributed by atoms with Crippen molar-refractivity contribution >= 4 is 74.2 Å². The molecule has 0 bridgehead atoms. The van der Waals surface area contributed by atoms with E-state index in [1.807, 2.05) is 24.3 Å². The van der Waals surface area contributed by atoms with Gasteiger partial charge in [-0.3, -0.25) is 9.69 Å². The van der Waals surface area contributed by atoms with Crippen molar-refractivity contribution in [2.24, 2.45) is 0 Å². The van der Waals surface area contributed by atoms with Crippen LogP contribution in [0.5, 0.6) is 0 Å². The number of hydrogen-bond acceptors (Lipinski definition) is 7. The number of hydrogen-bond donors (Lipinski definition) is 2. The summed E-state index contributed by atoms with van der Waals surface area (Å²) < 4.78 is 33.3. The molecule has 7 nitrogen and oxygen atoms in total. The third-order valence-electron chi connectivity index (χ3n) is 5.01. The normalized spacial score (nSPS) is 21.1. The minimum absolute atomic E-state index is 0.151. The molecule has 2 aliphatic rings. The molecule has 0 amide bonds. The topological polar surface area (TPSA) is 102 Å². The molecule has 2 heterocycles. The van der Waals surface area contributed by atoms with Crippen LogP contribution in [0.25, 0.3) is 0 Å². The van der Waals surface area contributed by atoms with Gasteiger partial charge in [0.05, 0.1) is 32.3 Å². The lowest BCUT2D eigenvalue weighted by Crippen LogP contribution is -3.09. The molecule has 0 spiro atoms.